The maximum atomic E-state index is 11.7. The average molecular weight is 219 g/mol. The Morgan fingerprint density at radius 1 is 1.38 bits per heavy atom. The first kappa shape index (κ1) is 11.1. The summed E-state index contributed by atoms with van der Waals surface area (Å²) in [7, 11) is 1.45. The molecule has 0 radical (unpaired) electrons. The zero-order chi connectivity index (χ0) is 11.5. The Labute approximate surface area is 95.8 Å². The maximum Gasteiger partial charge on any atom is 0.310 e. The van der Waals surface area contributed by atoms with E-state index >= 15 is 0 Å². The van der Waals surface area contributed by atoms with Crippen LogP contribution in [0.1, 0.15) is 18.5 Å². The predicted molar refractivity (Wildman–Crippen MR) is 61.9 cm³/mol. The van der Waals surface area contributed by atoms with Gasteiger partial charge >= 0.3 is 5.97 Å². The van der Waals surface area contributed by atoms with Crippen LogP contribution in [0.4, 0.5) is 0 Å². The molecule has 86 valence electrons. The van der Waals surface area contributed by atoms with Gasteiger partial charge in [0, 0.05) is 6.04 Å². The van der Waals surface area contributed by atoms with Gasteiger partial charge in [-0.3, -0.25) is 4.79 Å². The molecule has 1 heterocycles. The molecule has 1 N–H and O–H groups in total. The number of hydrogen-bond acceptors (Lipinski definition) is 3. The average Bonchev–Trinajstić information content (AvgIpc) is 2.71. The van der Waals surface area contributed by atoms with Gasteiger partial charge in [-0.25, -0.2) is 0 Å². The van der Waals surface area contributed by atoms with E-state index in [4.69, 9.17) is 4.74 Å². The minimum absolute atomic E-state index is 0.0765. The molecular weight excluding hydrogens is 202 g/mol. The third-order valence-electron chi connectivity index (χ3n) is 3.26. The number of esters is 1. The van der Waals surface area contributed by atoms with E-state index in [0.717, 1.165) is 12.1 Å². The Kier molecular flexibility index (Phi) is 3.25. The lowest BCUT2D eigenvalue weighted by atomic mass is 9.88. The molecule has 2 rings (SSSR count). The van der Waals surface area contributed by atoms with E-state index < -0.39 is 0 Å². The largest absolute Gasteiger partial charge is 0.469 e. The molecule has 1 aliphatic heterocycles. The van der Waals surface area contributed by atoms with Crippen molar-refractivity contribution in [2.75, 3.05) is 13.7 Å². The van der Waals surface area contributed by atoms with Crippen LogP contribution in [-0.4, -0.2) is 19.6 Å². The quantitative estimate of drug-likeness (QED) is 0.770. The summed E-state index contributed by atoms with van der Waals surface area (Å²) in [4.78, 5) is 11.7. The number of hydrogen-bond donors (Lipinski definition) is 1. The molecule has 0 aromatic heterocycles. The van der Waals surface area contributed by atoms with Gasteiger partial charge in [-0.1, -0.05) is 37.3 Å². The van der Waals surface area contributed by atoms with Gasteiger partial charge in [0.2, 0.25) is 0 Å². The van der Waals surface area contributed by atoms with Gasteiger partial charge in [-0.05, 0) is 18.0 Å². The normalized spacial score (nSPS) is 29.0. The van der Waals surface area contributed by atoms with E-state index in [1.54, 1.807) is 0 Å². The number of rotatable bonds is 2. The smallest absolute Gasteiger partial charge is 0.310 e. The topological polar surface area (TPSA) is 38.3 Å². The molecule has 0 spiro atoms. The molecule has 3 nitrogen and oxygen atoms in total. The van der Waals surface area contributed by atoms with E-state index in [1.165, 1.54) is 7.11 Å². The van der Waals surface area contributed by atoms with Crippen LogP contribution in [-0.2, 0) is 9.53 Å². The second kappa shape index (κ2) is 4.66. The van der Waals surface area contributed by atoms with E-state index in [9.17, 15) is 4.79 Å². The van der Waals surface area contributed by atoms with Gasteiger partial charge in [0.05, 0.1) is 13.0 Å². The number of benzene rings is 1. The predicted octanol–water partition coefficient (Wildman–Crippen LogP) is 1.76. The lowest BCUT2D eigenvalue weighted by Crippen LogP contribution is -2.26. The Hall–Kier alpha value is -1.35. The highest BCUT2D eigenvalue weighted by molar-refractivity contribution is 5.74. The summed E-state index contributed by atoms with van der Waals surface area (Å²) in [5.41, 5.74) is 1.15. The molecule has 1 aromatic rings. The van der Waals surface area contributed by atoms with Crippen LogP contribution in [0.15, 0.2) is 30.3 Å². The number of carbonyl (C=O) groups excluding carboxylic acids is 1. The van der Waals surface area contributed by atoms with Crippen molar-refractivity contribution >= 4 is 5.97 Å². The molecule has 0 unspecified atom stereocenters. The highest BCUT2D eigenvalue weighted by Crippen LogP contribution is 2.34. The van der Waals surface area contributed by atoms with Crippen molar-refractivity contribution in [3.05, 3.63) is 35.9 Å². The summed E-state index contributed by atoms with van der Waals surface area (Å²) in [6, 6.07) is 10.2. The highest BCUT2D eigenvalue weighted by atomic mass is 16.5. The third-order valence-corrected chi connectivity index (χ3v) is 3.26. The van der Waals surface area contributed by atoms with Crippen LogP contribution >= 0.6 is 0 Å². The zero-order valence-electron chi connectivity index (χ0n) is 9.64. The van der Waals surface area contributed by atoms with Crippen molar-refractivity contribution in [3.8, 4) is 0 Å². The first-order chi connectivity index (χ1) is 7.74. The fraction of sp³-hybridized carbons (Fsp3) is 0.462. The van der Waals surface area contributed by atoms with E-state index in [1.807, 2.05) is 30.3 Å². The molecule has 16 heavy (non-hydrogen) atoms. The first-order valence-electron chi connectivity index (χ1n) is 5.60. The molecule has 1 aromatic carbocycles. The monoisotopic (exact) mass is 219 g/mol. The summed E-state index contributed by atoms with van der Waals surface area (Å²) in [6.07, 6.45) is 0. The Morgan fingerprint density at radius 2 is 2.06 bits per heavy atom. The number of ether oxygens (including phenoxy) is 1. The maximum absolute atomic E-state index is 11.7. The molecule has 1 fully saturated rings. The van der Waals surface area contributed by atoms with Crippen molar-refractivity contribution in [1.82, 2.24) is 5.32 Å². The molecule has 0 aliphatic carbocycles. The SMILES string of the molecule is COC(=O)[C@H]1[C@H](C)CN[C@H]1c1ccccc1. The molecule has 0 saturated carbocycles. The summed E-state index contributed by atoms with van der Waals surface area (Å²) < 4.78 is 4.88. The summed E-state index contributed by atoms with van der Waals surface area (Å²) >= 11 is 0. The molecule has 1 saturated heterocycles. The van der Waals surface area contributed by atoms with Crippen molar-refractivity contribution < 1.29 is 9.53 Å². The lowest BCUT2D eigenvalue weighted by molar-refractivity contribution is -0.147. The van der Waals surface area contributed by atoms with E-state index in [-0.39, 0.29) is 17.9 Å². The second-order valence-electron chi connectivity index (χ2n) is 4.32. The van der Waals surface area contributed by atoms with Crippen molar-refractivity contribution in [2.24, 2.45) is 11.8 Å². The minimum atomic E-state index is -0.119. The highest BCUT2D eigenvalue weighted by Gasteiger charge is 2.39. The van der Waals surface area contributed by atoms with Gasteiger partial charge in [0.15, 0.2) is 0 Å². The van der Waals surface area contributed by atoms with Gasteiger partial charge in [0.1, 0.15) is 0 Å². The van der Waals surface area contributed by atoms with Crippen LogP contribution < -0.4 is 5.32 Å². The summed E-state index contributed by atoms with van der Waals surface area (Å²) in [5, 5.41) is 3.39. The molecule has 1 aliphatic rings. The van der Waals surface area contributed by atoms with Crippen LogP contribution in [0.3, 0.4) is 0 Å². The summed E-state index contributed by atoms with van der Waals surface area (Å²) in [6.45, 7) is 2.94. The van der Waals surface area contributed by atoms with Crippen LogP contribution in [0, 0.1) is 11.8 Å². The minimum Gasteiger partial charge on any atom is -0.469 e. The lowest BCUT2D eigenvalue weighted by Gasteiger charge is -2.20. The van der Waals surface area contributed by atoms with Crippen LogP contribution in [0.5, 0.6) is 0 Å². The standard InChI is InChI=1S/C13H17NO2/c1-9-8-14-12(11(9)13(15)16-2)10-6-4-3-5-7-10/h3-7,9,11-12,14H,8H2,1-2H3/t9-,11+,12+/m1/s1. The summed E-state index contributed by atoms with van der Waals surface area (Å²) in [5.74, 6) is 0.122. The molecule has 0 bridgehead atoms. The van der Waals surface area contributed by atoms with Gasteiger partial charge in [-0.15, -0.1) is 0 Å². The van der Waals surface area contributed by atoms with E-state index in [2.05, 4.69) is 12.2 Å². The Bertz CT molecular complexity index is 363. The number of methoxy groups -OCH3 is 1. The van der Waals surface area contributed by atoms with Crippen molar-refractivity contribution in [2.45, 2.75) is 13.0 Å². The van der Waals surface area contributed by atoms with Gasteiger partial charge in [-0.2, -0.15) is 0 Å². The molecule has 0 amide bonds. The van der Waals surface area contributed by atoms with Gasteiger partial charge in [0.25, 0.3) is 0 Å². The number of carbonyl (C=O) groups is 1. The van der Waals surface area contributed by atoms with E-state index in [0.29, 0.717) is 5.92 Å². The zero-order valence-corrected chi connectivity index (χ0v) is 9.64. The first-order valence-corrected chi connectivity index (χ1v) is 5.60. The molecular formula is C13H17NO2. The Balaban J connectivity index is 2.24. The molecule has 3 atom stereocenters. The molecule has 3 heteroatoms. The van der Waals surface area contributed by atoms with Crippen LogP contribution in [0.25, 0.3) is 0 Å². The third kappa shape index (κ3) is 1.95. The second-order valence-corrected chi connectivity index (χ2v) is 4.32. The fourth-order valence-corrected chi connectivity index (χ4v) is 2.39. The Morgan fingerprint density at radius 3 is 2.69 bits per heavy atom. The van der Waals surface area contributed by atoms with Crippen molar-refractivity contribution in [1.29, 1.82) is 0 Å². The fourth-order valence-electron chi connectivity index (χ4n) is 2.39. The van der Waals surface area contributed by atoms with Crippen LogP contribution in [0.2, 0.25) is 0 Å². The number of nitrogens with one attached hydrogen (secondary N) is 1. The van der Waals surface area contributed by atoms with Gasteiger partial charge < -0.3 is 10.1 Å². The van der Waals surface area contributed by atoms with Crippen molar-refractivity contribution in [3.63, 3.8) is 0 Å².